The molecule has 0 spiro atoms. The normalized spacial score (nSPS) is 14.5. The minimum atomic E-state index is -0.630. The van der Waals surface area contributed by atoms with Gasteiger partial charge in [0.25, 0.3) is 5.91 Å². The quantitative estimate of drug-likeness (QED) is 0.795. The molecule has 27 heavy (non-hydrogen) atoms. The second-order valence-corrected chi connectivity index (χ2v) is 6.83. The van der Waals surface area contributed by atoms with E-state index >= 15 is 0 Å². The average molecular weight is 368 g/mol. The van der Waals surface area contributed by atoms with E-state index in [-0.39, 0.29) is 12.5 Å². The molecule has 0 atom stereocenters. The van der Waals surface area contributed by atoms with Crippen LogP contribution in [0.5, 0.6) is 0 Å². The van der Waals surface area contributed by atoms with Crippen LogP contribution in [0, 0.1) is 0 Å². The second kappa shape index (κ2) is 9.16. The highest BCUT2D eigenvalue weighted by atomic mass is 16.5. The Balaban J connectivity index is 1.44. The highest BCUT2D eigenvalue weighted by Crippen LogP contribution is 2.19. The molecule has 0 heterocycles. The smallest absolute Gasteiger partial charge is 0.321 e. The summed E-state index contributed by atoms with van der Waals surface area (Å²) in [5.74, 6) is -1.14. The topological polar surface area (TPSA) is 84.5 Å². The third-order valence-electron chi connectivity index (χ3n) is 4.77. The molecule has 2 aromatic carbocycles. The molecule has 1 fully saturated rings. The zero-order valence-electron chi connectivity index (χ0n) is 15.2. The number of esters is 1. The average Bonchev–Trinajstić information content (AvgIpc) is 2.67. The number of urea groups is 1. The molecule has 0 unspecified atom stereocenters. The molecular formula is C21H24N2O4. The first-order valence-electron chi connectivity index (χ1n) is 9.34. The van der Waals surface area contributed by atoms with Crippen LogP contribution in [-0.2, 0) is 20.7 Å². The van der Waals surface area contributed by atoms with Crippen LogP contribution in [-0.4, -0.2) is 30.6 Å². The SMILES string of the molecule is O=C(COC(=O)Cc1cccc2ccccc12)NC(=O)NC1CCCCC1. The summed E-state index contributed by atoms with van der Waals surface area (Å²) in [5, 5.41) is 7.02. The predicted octanol–water partition coefficient (Wildman–Crippen LogP) is 3.08. The number of carbonyl (C=O) groups excluding carboxylic acids is 3. The number of hydrogen-bond acceptors (Lipinski definition) is 4. The molecule has 0 aliphatic heterocycles. The Morgan fingerprint density at radius 3 is 2.52 bits per heavy atom. The predicted molar refractivity (Wildman–Crippen MR) is 102 cm³/mol. The first-order valence-corrected chi connectivity index (χ1v) is 9.34. The van der Waals surface area contributed by atoms with Gasteiger partial charge in [-0.15, -0.1) is 0 Å². The van der Waals surface area contributed by atoms with E-state index in [1.807, 2.05) is 42.5 Å². The van der Waals surface area contributed by atoms with E-state index in [4.69, 9.17) is 4.74 Å². The number of amides is 3. The van der Waals surface area contributed by atoms with Crippen LogP contribution in [0.2, 0.25) is 0 Å². The Bertz CT molecular complexity index is 823. The fourth-order valence-corrected chi connectivity index (χ4v) is 3.43. The number of hydrogen-bond donors (Lipinski definition) is 2. The maximum absolute atomic E-state index is 12.1. The van der Waals surface area contributed by atoms with E-state index in [1.165, 1.54) is 6.42 Å². The van der Waals surface area contributed by atoms with Crippen molar-refractivity contribution in [2.45, 2.75) is 44.6 Å². The summed E-state index contributed by atoms with van der Waals surface area (Å²) in [6, 6.07) is 13.1. The summed E-state index contributed by atoms with van der Waals surface area (Å²) in [4.78, 5) is 35.7. The van der Waals surface area contributed by atoms with E-state index in [1.54, 1.807) is 0 Å². The maximum Gasteiger partial charge on any atom is 0.321 e. The van der Waals surface area contributed by atoms with E-state index in [9.17, 15) is 14.4 Å². The van der Waals surface area contributed by atoms with Crippen molar-refractivity contribution in [1.82, 2.24) is 10.6 Å². The van der Waals surface area contributed by atoms with Gasteiger partial charge in [-0.25, -0.2) is 4.79 Å². The number of rotatable bonds is 5. The van der Waals surface area contributed by atoms with Crippen molar-refractivity contribution in [2.75, 3.05) is 6.61 Å². The number of fused-ring (bicyclic) bond motifs is 1. The molecule has 0 bridgehead atoms. The molecule has 6 nitrogen and oxygen atoms in total. The van der Waals surface area contributed by atoms with Crippen molar-refractivity contribution in [3.8, 4) is 0 Å². The number of benzene rings is 2. The van der Waals surface area contributed by atoms with Gasteiger partial charge in [0.05, 0.1) is 6.42 Å². The first-order chi connectivity index (χ1) is 13.1. The Morgan fingerprint density at radius 1 is 0.963 bits per heavy atom. The molecule has 142 valence electrons. The number of imide groups is 1. The fraction of sp³-hybridized carbons (Fsp3) is 0.381. The van der Waals surface area contributed by atoms with Crippen molar-refractivity contribution in [1.29, 1.82) is 0 Å². The lowest BCUT2D eigenvalue weighted by Crippen LogP contribution is -2.46. The van der Waals surface area contributed by atoms with E-state index in [0.717, 1.165) is 42.0 Å². The van der Waals surface area contributed by atoms with Crippen LogP contribution in [0.15, 0.2) is 42.5 Å². The summed E-state index contributed by atoms with van der Waals surface area (Å²) < 4.78 is 5.02. The summed E-state index contributed by atoms with van der Waals surface area (Å²) in [5.41, 5.74) is 0.841. The number of nitrogens with one attached hydrogen (secondary N) is 2. The Hall–Kier alpha value is -2.89. The zero-order chi connectivity index (χ0) is 19.1. The second-order valence-electron chi connectivity index (χ2n) is 6.83. The van der Waals surface area contributed by atoms with Crippen LogP contribution >= 0.6 is 0 Å². The van der Waals surface area contributed by atoms with Gasteiger partial charge in [0, 0.05) is 6.04 Å². The van der Waals surface area contributed by atoms with Crippen molar-refractivity contribution in [2.24, 2.45) is 0 Å². The molecule has 3 rings (SSSR count). The molecular weight excluding hydrogens is 344 g/mol. The zero-order valence-corrected chi connectivity index (χ0v) is 15.2. The lowest BCUT2D eigenvalue weighted by molar-refractivity contribution is -0.147. The highest BCUT2D eigenvalue weighted by molar-refractivity contribution is 5.96. The Kier molecular flexibility index (Phi) is 6.41. The van der Waals surface area contributed by atoms with Crippen LogP contribution < -0.4 is 10.6 Å². The van der Waals surface area contributed by atoms with E-state index in [0.29, 0.717) is 0 Å². The van der Waals surface area contributed by atoms with Crippen molar-refractivity contribution >= 4 is 28.7 Å². The van der Waals surface area contributed by atoms with Crippen LogP contribution in [0.1, 0.15) is 37.7 Å². The molecule has 0 saturated heterocycles. The van der Waals surface area contributed by atoms with Gasteiger partial charge in [-0.2, -0.15) is 0 Å². The molecule has 1 saturated carbocycles. The molecule has 0 aromatic heterocycles. The summed E-state index contributed by atoms with van der Waals surface area (Å²) in [6.45, 7) is -0.471. The van der Waals surface area contributed by atoms with Crippen molar-refractivity contribution < 1.29 is 19.1 Å². The molecule has 1 aliphatic rings. The fourth-order valence-electron chi connectivity index (χ4n) is 3.43. The van der Waals surface area contributed by atoms with Gasteiger partial charge in [-0.05, 0) is 29.2 Å². The molecule has 1 aliphatic carbocycles. The Labute approximate surface area is 158 Å². The monoisotopic (exact) mass is 368 g/mol. The van der Waals surface area contributed by atoms with Gasteiger partial charge >= 0.3 is 12.0 Å². The highest BCUT2D eigenvalue weighted by Gasteiger charge is 2.17. The molecule has 2 N–H and O–H groups in total. The Morgan fingerprint density at radius 2 is 1.70 bits per heavy atom. The van der Waals surface area contributed by atoms with Gasteiger partial charge in [0.1, 0.15) is 0 Å². The van der Waals surface area contributed by atoms with Crippen LogP contribution in [0.25, 0.3) is 10.8 Å². The molecule has 3 amide bonds. The van der Waals surface area contributed by atoms with Gasteiger partial charge in [0.15, 0.2) is 6.61 Å². The maximum atomic E-state index is 12.1. The summed E-state index contributed by atoms with van der Waals surface area (Å²) >= 11 is 0. The standard InChI is InChI=1S/C21H24N2O4/c24-19(23-21(26)22-17-10-2-1-3-11-17)14-27-20(25)13-16-9-6-8-15-7-4-5-12-18(15)16/h4-9,12,17H,1-3,10-11,13-14H2,(H2,22,23,24,26). The van der Waals surface area contributed by atoms with E-state index in [2.05, 4.69) is 10.6 Å². The van der Waals surface area contributed by atoms with Gasteiger partial charge in [-0.3, -0.25) is 14.9 Å². The summed E-state index contributed by atoms with van der Waals surface area (Å²) in [7, 11) is 0. The van der Waals surface area contributed by atoms with Gasteiger partial charge in [0.2, 0.25) is 0 Å². The minimum absolute atomic E-state index is 0.0723. The third kappa shape index (κ3) is 5.54. The molecule has 0 radical (unpaired) electrons. The lowest BCUT2D eigenvalue weighted by atomic mass is 9.96. The molecule has 6 heteroatoms. The molecule has 2 aromatic rings. The minimum Gasteiger partial charge on any atom is -0.455 e. The van der Waals surface area contributed by atoms with Gasteiger partial charge in [-0.1, -0.05) is 61.7 Å². The lowest BCUT2D eigenvalue weighted by Gasteiger charge is -2.22. The van der Waals surface area contributed by atoms with Crippen LogP contribution in [0.4, 0.5) is 4.79 Å². The van der Waals surface area contributed by atoms with E-state index < -0.39 is 24.5 Å². The van der Waals surface area contributed by atoms with Crippen LogP contribution in [0.3, 0.4) is 0 Å². The van der Waals surface area contributed by atoms with Crippen molar-refractivity contribution in [3.05, 3.63) is 48.0 Å². The van der Waals surface area contributed by atoms with Gasteiger partial charge < -0.3 is 10.1 Å². The number of ether oxygens (including phenoxy) is 1. The first kappa shape index (κ1) is 18.9. The number of carbonyl (C=O) groups is 3. The van der Waals surface area contributed by atoms with Crippen molar-refractivity contribution in [3.63, 3.8) is 0 Å². The third-order valence-corrected chi connectivity index (χ3v) is 4.77. The summed E-state index contributed by atoms with van der Waals surface area (Å²) in [6.07, 6.45) is 5.30. The largest absolute Gasteiger partial charge is 0.455 e.